The fraction of sp³-hybridized carbons (Fsp3) is 0.150. The Morgan fingerprint density at radius 2 is 1.89 bits per heavy atom. The van der Waals surface area contributed by atoms with Crippen LogP contribution in [0.15, 0.2) is 42.0 Å². The molecule has 0 atom stereocenters. The quantitative estimate of drug-likeness (QED) is 0.331. The average Bonchev–Trinajstić information content (AvgIpc) is 2.66. The van der Waals surface area contributed by atoms with Crippen LogP contribution in [-0.4, -0.2) is 25.6 Å². The third-order valence-corrected chi connectivity index (χ3v) is 3.83. The minimum atomic E-state index is -0.841. The lowest BCUT2D eigenvalue weighted by Crippen LogP contribution is -2.18. The molecule has 28 heavy (non-hydrogen) atoms. The molecule has 0 aliphatic carbocycles. The molecule has 0 aliphatic heterocycles. The number of hydrogen-bond donors (Lipinski definition) is 1. The number of nitrogens with zero attached hydrogens (tertiary/aromatic N) is 1. The zero-order valence-electron chi connectivity index (χ0n) is 15.2. The standard InChI is InChI=1S/C20H17ClN2O5/c1-12-7-15(21)4-6-16(12)27-11-19(24)28-17-5-3-13(9-18(17)26-2)8-14(10-22)20(23)25/h3-9H,11H2,1-2H3,(H2,23,25)/b14-8+. The number of esters is 1. The lowest BCUT2D eigenvalue weighted by molar-refractivity contribution is -0.136. The molecule has 0 unspecified atom stereocenters. The molecular weight excluding hydrogens is 384 g/mol. The van der Waals surface area contributed by atoms with Crippen LogP contribution in [0.3, 0.4) is 0 Å². The molecule has 0 spiro atoms. The normalized spacial score (nSPS) is 10.7. The Balaban J connectivity index is 2.09. The van der Waals surface area contributed by atoms with Gasteiger partial charge in [0.15, 0.2) is 18.1 Å². The number of hydrogen-bond acceptors (Lipinski definition) is 6. The summed E-state index contributed by atoms with van der Waals surface area (Å²) in [5, 5.41) is 9.48. The number of rotatable bonds is 7. The second kappa shape index (κ2) is 9.44. The molecule has 0 heterocycles. The third kappa shape index (κ3) is 5.50. The topological polar surface area (TPSA) is 112 Å². The van der Waals surface area contributed by atoms with Gasteiger partial charge in [-0.2, -0.15) is 5.26 Å². The van der Waals surface area contributed by atoms with E-state index in [4.69, 9.17) is 36.8 Å². The van der Waals surface area contributed by atoms with Gasteiger partial charge in [-0.25, -0.2) is 4.79 Å². The van der Waals surface area contributed by atoms with E-state index in [9.17, 15) is 9.59 Å². The Morgan fingerprint density at radius 1 is 1.18 bits per heavy atom. The van der Waals surface area contributed by atoms with Gasteiger partial charge < -0.3 is 19.9 Å². The Hall–Kier alpha value is -3.50. The number of carbonyl (C=O) groups is 2. The third-order valence-electron chi connectivity index (χ3n) is 3.59. The number of amides is 1. The largest absolute Gasteiger partial charge is 0.493 e. The lowest BCUT2D eigenvalue weighted by atomic mass is 10.1. The number of primary amides is 1. The molecule has 144 valence electrons. The van der Waals surface area contributed by atoms with Gasteiger partial charge in [0.2, 0.25) is 0 Å². The summed E-state index contributed by atoms with van der Waals surface area (Å²) >= 11 is 5.88. The SMILES string of the molecule is COc1cc(/C=C(\C#N)C(N)=O)ccc1OC(=O)COc1ccc(Cl)cc1C. The molecule has 0 aromatic heterocycles. The van der Waals surface area contributed by atoms with Crippen LogP contribution in [0.1, 0.15) is 11.1 Å². The number of halogens is 1. The van der Waals surface area contributed by atoms with Crippen molar-refractivity contribution >= 4 is 29.6 Å². The van der Waals surface area contributed by atoms with Crippen LogP contribution < -0.4 is 19.9 Å². The molecule has 0 radical (unpaired) electrons. The molecule has 0 saturated carbocycles. The fourth-order valence-corrected chi connectivity index (χ4v) is 2.47. The minimum Gasteiger partial charge on any atom is -0.493 e. The number of methoxy groups -OCH3 is 1. The van der Waals surface area contributed by atoms with E-state index in [1.807, 2.05) is 6.92 Å². The van der Waals surface area contributed by atoms with Gasteiger partial charge in [0.1, 0.15) is 17.4 Å². The first kappa shape index (κ1) is 20.8. The summed E-state index contributed by atoms with van der Waals surface area (Å²) in [5.74, 6) is -0.549. The second-order valence-corrected chi connectivity index (χ2v) is 6.05. The first-order chi connectivity index (χ1) is 13.3. The molecule has 0 saturated heterocycles. The number of benzene rings is 2. The molecule has 8 heteroatoms. The van der Waals surface area contributed by atoms with Gasteiger partial charge in [0, 0.05) is 5.02 Å². The Morgan fingerprint density at radius 3 is 2.50 bits per heavy atom. The molecule has 1 amide bonds. The summed E-state index contributed by atoms with van der Waals surface area (Å²) < 4.78 is 15.9. The Labute approximate surface area is 166 Å². The van der Waals surface area contributed by atoms with E-state index in [-0.39, 0.29) is 23.7 Å². The van der Waals surface area contributed by atoms with Crippen LogP contribution >= 0.6 is 11.6 Å². The van der Waals surface area contributed by atoms with Crippen molar-refractivity contribution in [2.45, 2.75) is 6.92 Å². The van der Waals surface area contributed by atoms with Crippen molar-refractivity contribution in [3.63, 3.8) is 0 Å². The number of aryl methyl sites for hydroxylation is 1. The van der Waals surface area contributed by atoms with Crippen molar-refractivity contribution in [1.82, 2.24) is 0 Å². The van der Waals surface area contributed by atoms with Gasteiger partial charge >= 0.3 is 5.97 Å². The molecule has 0 bridgehead atoms. The van der Waals surface area contributed by atoms with Crippen molar-refractivity contribution in [1.29, 1.82) is 5.26 Å². The molecule has 7 nitrogen and oxygen atoms in total. The highest BCUT2D eigenvalue weighted by molar-refractivity contribution is 6.30. The van der Waals surface area contributed by atoms with Crippen LogP contribution in [0.5, 0.6) is 17.2 Å². The molecule has 2 rings (SSSR count). The van der Waals surface area contributed by atoms with E-state index in [0.717, 1.165) is 5.56 Å². The van der Waals surface area contributed by atoms with Crippen molar-refractivity contribution in [2.24, 2.45) is 5.73 Å². The zero-order chi connectivity index (χ0) is 20.7. The minimum absolute atomic E-state index is 0.165. The van der Waals surface area contributed by atoms with Crippen LogP contribution in [0.2, 0.25) is 5.02 Å². The lowest BCUT2D eigenvalue weighted by Gasteiger charge is -2.12. The molecular formula is C20H17ClN2O5. The van der Waals surface area contributed by atoms with E-state index >= 15 is 0 Å². The molecule has 0 aliphatic rings. The van der Waals surface area contributed by atoms with E-state index in [0.29, 0.717) is 16.3 Å². The number of carbonyl (C=O) groups excluding carboxylic acids is 2. The van der Waals surface area contributed by atoms with Crippen molar-refractivity contribution < 1.29 is 23.8 Å². The maximum absolute atomic E-state index is 12.1. The van der Waals surface area contributed by atoms with E-state index in [1.54, 1.807) is 30.3 Å². The van der Waals surface area contributed by atoms with Gasteiger partial charge in [-0.15, -0.1) is 0 Å². The second-order valence-electron chi connectivity index (χ2n) is 5.62. The monoisotopic (exact) mass is 400 g/mol. The summed E-state index contributed by atoms with van der Waals surface area (Å²) in [4.78, 5) is 23.2. The predicted octanol–water partition coefficient (Wildman–Crippen LogP) is 3.03. The maximum atomic E-state index is 12.1. The van der Waals surface area contributed by atoms with Crippen molar-refractivity contribution in [2.75, 3.05) is 13.7 Å². The van der Waals surface area contributed by atoms with Gasteiger partial charge in [-0.05, 0) is 54.5 Å². The van der Waals surface area contributed by atoms with Crippen molar-refractivity contribution in [3.8, 4) is 23.3 Å². The smallest absolute Gasteiger partial charge is 0.349 e. The highest BCUT2D eigenvalue weighted by atomic mass is 35.5. The summed E-state index contributed by atoms with van der Waals surface area (Å²) in [5.41, 5.74) is 6.18. The fourth-order valence-electron chi connectivity index (χ4n) is 2.25. The molecule has 2 aromatic rings. The summed E-state index contributed by atoms with van der Waals surface area (Å²) in [6, 6.07) is 11.3. The van der Waals surface area contributed by atoms with Crippen LogP contribution in [0.4, 0.5) is 0 Å². The highest BCUT2D eigenvalue weighted by Gasteiger charge is 2.13. The molecule has 2 N–H and O–H groups in total. The first-order valence-corrected chi connectivity index (χ1v) is 8.41. The number of nitriles is 1. The summed E-state index contributed by atoms with van der Waals surface area (Å²) in [7, 11) is 1.40. The van der Waals surface area contributed by atoms with Crippen LogP contribution in [-0.2, 0) is 9.59 Å². The van der Waals surface area contributed by atoms with E-state index in [2.05, 4.69) is 0 Å². The zero-order valence-corrected chi connectivity index (χ0v) is 15.9. The van der Waals surface area contributed by atoms with E-state index in [1.165, 1.54) is 25.3 Å². The summed E-state index contributed by atoms with van der Waals surface area (Å²) in [6.07, 6.45) is 1.31. The first-order valence-electron chi connectivity index (χ1n) is 8.03. The van der Waals surface area contributed by atoms with E-state index < -0.39 is 11.9 Å². The van der Waals surface area contributed by atoms with Crippen LogP contribution in [0.25, 0.3) is 6.08 Å². The van der Waals surface area contributed by atoms with Gasteiger partial charge in [-0.1, -0.05) is 17.7 Å². The molecule has 0 fully saturated rings. The Bertz CT molecular complexity index is 979. The summed E-state index contributed by atoms with van der Waals surface area (Å²) in [6.45, 7) is 1.50. The average molecular weight is 401 g/mol. The number of nitrogens with two attached hydrogens (primary N) is 1. The highest BCUT2D eigenvalue weighted by Crippen LogP contribution is 2.29. The molecule has 2 aromatic carbocycles. The Kier molecular flexibility index (Phi) is 7.02. The van der Waals surface area contributed by atoms with Gasteiger partial charge in [0.25, 0.3) is 5.91 Å². The van der Waals surface area contributed by atoms with Crippen LogP contribution in [0, 0.1) is 18.3 Å². The van der Waals surface area contributed by atoms with Crippen molar-refractivity contribution in [3.05, 3.63) is 58.1 Å². The predicted molar refractivity (Wildman–Crippen MR) is 103 cm³/mol. The van der Waals surface area contributed by atoms with Gasteiger partial charge in [-0.3, -0.25) is 4.79 Å². The number of ether oxygens (including phenoxy) is 3. The maximum Gasteiger partial charge on any atom is 0.349 e. The van der Waals surface area contributed by atoms with Gasteiger partial charge in [0.05, 0.1) is 7.11 Å².